The molecular formula is C20H25F3N6O3S. The van der Waals surface area contributed by atoms with Crippen molar-refractivity contribution in [2.24, 2.45) is 5.92 Å². The first-order valence-electron chi connectivity index (χ1n) is 10.3. The fourth-order valence-electron chi connectivity index (χ4n) is 3.20. The summed E-state index contributed by atoms with van der Waals surface area (Å²) in [5.41, 5.74) is 3.12. The van der Waals surface area contributed by atoms with E-state index in [1.165, 1.54) is 12.8 Å². The first kappa shape index (κ1) is 24.9. The Labute approximate surface area is 191 Å². The van der Waals surface area contributed by atoms with Crippen molar-refractivity contribution < 1.29 is 27.8 Å². The number of aryl methyl sites for hydroxylation is 1. The van der Waals surface area contributed by atoms with Crippen LogP contribution in [0.3, 0.4) is 0 Å². The van der Waals surface area contributed by atoms with Gasteiger partial charge in [0.15, 0.2) is 0 Å². The molecule has 0 spiro atoms. The van der Waals surface area contributed by atoms with Crippen LogP contribution in [0.15, 0.2) is 18.2 Å². The third-order valence-corrected chi connectivity index (χ3v) is 5.94. The summed E-state index contributed by atoms with van der Waals surface area (Å²) < 4.78 is 37.1. The standard InChI is InChI=1S/C18H24N6OS.C2HF3O2/c1-12-15-10-14(2-3-16(15)22-21-12)17-23-24-18(26-17)20-7-6-19-11-13-4-8-25-9-5-13;3-2(4,5)1(6)7/h2-3,10,13,19H,4-9,11H2,1H3,(H,20,24)(H,21,22);(H,6,7). The molecule has 180 valence electrons. The third-order valence-electron chi connectivity index (χ3n) is 5.01. The average Bonchev–Trinajstić information content (AvgIpc) is 3.41. The summed E-state index contributed by atoms with van der Waals surface area (Å²) in [7, 11) is 0. The van der Waals surface area contributed by atoms with Crippen LogP contribution in [0.1, 0.15) is 18.5 Å². The second-order valence-corrected chi connectivity index (χ2v) is 8.46. The molecule has 1 aliphatic heterocycles. The number of carbonyl (C=O) groups is 1. The van der Waals surface area contributed by atoms with Crippen molar-refractivity contribution in [2.45, 2.75) is 25.9 Å². The molecule has 0 saturated carbocycles. The first-order chi connectivity index (χ1) is 15.7. The van der Waals surface area contributed by atoms with Crippen LogP contribution in [0.2, 0.25) is 0 Å². The lowest BCUT2D eigenvalue weighted by Crippen LogP contribution is -2.30. The van der Waals surface area contributed by atoms with Gasteiger partial charge < -0.3 is 20.5 Å². The molecule has 0 radical (unpaired) electrons. The summed E-state index contributed by atoms with van der Waals surface area (Å²) >= 11 is 1.58. The van der Waals surface area contributed by atoms with E-state index in [0.717, 1.165) is 71.1 Å². The van der Waals surface area contributed by atoms with Gasteiger partial charge in [0.25, 0.3) is 0 Å². The normalized spacial score (nSPS) is 14.7. The first-order valence-corrected chi connectivity index (χ1v) is 11.2. The van der Waals surface area contributed by atoms with Crippen molar-refractivity contribution in [3.63, 3.8) is 0 Å². The van der Waals surface area contributed by atoms with Gasteiger partial charge in [-0.15, -0.1) is 10.2 Å². The van der Waals surface area contributed by atoms with Crippen LogP contribution in [0.5, 0.6) is 0 Å². The number of halogens is 3. The minimum Gasteiger partial charge on any atom is -0.475 e. The van der Waals surface area contributed by atoms with Gasteiger partial charge >= 0.3 is 12.1 Å². The number of H-pyrrole nitrogens is 1. The number of hydrogen-bond donors (Lipinski definition) is 4. The molecule has 0 bridgehead atoms. The van der Waals surface area contributed by atoms with E-state index in [2.05, 4.69) is 37.1 Å². The number of nitrogens with one attached hydrogen (secondary N) is 3. The van der Waals surface area contributed by atoms with Gasteiger partial charge in [0.2, 0.25) is 5.13 Å². The maximum absolute atomic E-state index is 10.6. The zero-order valence-corrected chi connectivity index (χ0v) is 18.7. The highest BCUT2D eigenvalue weighted by molar-refractivity contribution is 7.18. The van der Waals surface area contributed by atoms with E-state index in [0.29, 0.717) is 0 Å². The molecule has 1 aliphatic rings. The van der Waals surface area contributed by atoms with Crippen LogP contribution in [-0.4, -0.2) is 70.5 Å². The number of carboxylic acid groups (broad SMARTS) is 1. The molecule has 33 heavy (non-hydrogen) atoms. The van der Waals surface area contributed by atoms with Crippen molar-refractivity contribution in [3.8, 4) is 10.6 Å². The zero-order valence-electron chi connectivity index (χ0n) is 17.9. The van der Waals surface area contributed by atoms with E-state index >= 15 is 0 Å². The minimum atomic E-state index is -5.08. The smallest absolute Gasteiger partial charge is 0.475 e. The quantitative estimate of drug-likeness (QED) is 0.374. The predicted octanol–water partition coefficient (Wildman–Crippen LogP) is 3.45. The molecule has 4 N–H and O–H groups in total. The topological polar surface area (TPSA) is 125 Å². The summed E-state index contributed by atoms with van der Waals surface area (Å²) in [5, 5.41) is 32.8. The second kappa shape index (κ2) is 11.4. The molecule has 2 aromatic heterocycles. The maximum atomic E-state index is 10.6. The van der Waals surface area contributed by atoms with Crippen LogP contribution in [0.4, 0.5) is 18.3 Å². The number of ether oxygens (including phenoxy) is 1. The molecule has 1 aromatic carbocycles. The SMILES string of the molecule is Cc1[nH]nc2ccc(-c3nnc(NCCNCC4CCOCC4)s3)cc12.O=C(O)C(F)(F)F. The van der Waals surface area contributed by atoms with Crippen molar-refractivity contribution in [1.29, 1.82) is 0 Å². The van der Waals surface area contributed by atoms with Gasteiger partial charge in [0, 0.05) is 42.9 Å². The van der Waals surface area contributed by atoms with Crippen molar-refractivity contribution >= 4 is 33.3 Å². The summed E-state index contributed by atoms with van der Waals surface area (Å²) in [6.45, 7) is 6.67. The van der Waals surface area contributed by atoms with Crippen LogP contribution in [0, 0.1) is 12.8 Å². The molecule has 3 heterocycles. The van der Waals surface area contributed by atoms with Crippen molar-refractivity contribution in [2.75, 3.05) is 38.2 Å². The van der Waals surface area contributed by atoms with Crippen LogP contribution >= 0.6 is 11.3 Å². The largest absolute Gasteiger partial charge is 0.490 e. The van der Waals surface area contributed by atoms with Gasteiger partial charge in [-0.3, -0.25) is 5.10 Å². The summed E-state index contributed by atoms with van der Waals surface area (Å²) in [6, 6.07) is 6.18. The monoisotopic (exact) mass is 486 g/mol. The molecule has 0 aliphatic carbocycles. The number of aliphatic carboxylic acids is 1. The van der Waals surface area contributed by atoms with E-state index in [-0.39, 0.29) is 0 Å². The lowest BCUT2D eigenvalue weighted by Gasteiger charge is -2.22. The number of rotatable bonds is 7. The zero-order chi connectivity index (χ0) is 23.8. The Morgan fingerprint density at radius 3 is 2.70 bits per heavy atom. The van der Waals surface area contributed by atoms with E-state index < -0.39 is 12.1 Å². The molecule has 0 amide bonds. The second-order valence-electron chi connectivity index (χ2n) is 7.48. The summed E-state index contributed by atoms with van der Waals surface area (Å²) in [4.78, 5) is 8.90. The number of carboxylic acids is 1. The van der Waals surface area contributed by atoms with E-state index in [1.807, 2.05) is 19.1 Å². The van der Waals surface area contributed by atoms with Gasteiger partial charge in [-0.1, -0.05) is 11.3 Å². The van der Waals surface area contributed by atoms with Gasteiger partial charge in [-0.05, 0) is 50.4 Å². The van der Waals surface area contributed by atoms with Gasteiger partial charge in [-0.2, -0.15) is 18.3 Å². The molecule has 4 rings (SSSR count). The lowest BCUT2D eigenvalue weighted by molar-refractivity contribution is -0.192. The fraction of sp³-hybridized carbons (Fsp3) is 0.500. The number of alkyl halides is 3. The van der Waals surface area contributed by atoms with Gasteiger partial charge in [0.05, 0.1) is 5.52 Å². The fourth-order valence-corrected chi connectivity index (χ4v) is 3.96. The molecule has 1 fully saturated rings. The third kappa shape index (κ3) is 7.37. The average molecular weight is 487 g/mol. The Bertz CT molecular complexity index is 1050. The Hall–Kier alpha value is -2.77. The molecule has 0 atom stereocenters. The Morgan fingerprint density at radius 2 is 2.00 bits per heavy atom. The van der Waals surface area contributed by atoms with E-state index in [4.69, 9.17) is 14.6 Å². The molecule has 9 nitrogen and oxygen atoms in total. The molecule has 0 unspecified atom stereocenters. The Kier molecular flexibility index (Phi) is 8.58. The van der Waals surface area contributed by atoms with E-state index in [1.54, 1.807) is 11.3 Å². The van der Waals surface area contributed by atoms with Gasteiger partial charge in [-0.25, -0.2) is 4.79 Å². The molecule has 1 saturated heterocycles. The Balaban J connectivity index is 0.000000383. The number of anilines is 1. The highest BCUT2D eigenvalue weighted by Gasteiger charge is 2.38. The minimum absolute atomic E-state index is 0.748. The molecule has 13 heteroatoms. The maximum Gasteiger partial charge on any atom is 0.490 e. The van der Waals surface area contributed by atoms with Crippen LogP contribution in [0.25, 0.3) is 21.5 Å². The van der Waals surface area contributed by atoms with Crippen molar-refractivity contribution in [1.82, 2.24) is 25.7 Å². The summed E-state index contributed by atoms with van der Waals surface area (Å²) in [6.07, 6.45) is -2.75. The van der Waals surface area contributed by atoms with E-state index in [9.17, 15) is 13.2 Å². The number of fused-ring (bicyclic) bond motifs is 1. The number of hydrogen-bond acceptors (Lipinski definition) is 8. The number of nitrogens with zero attached hydrogens (tertiary/aromatic N) is 3. The Morgan fingerprint density at radius 1 is 1.27 bits per heavy atom. The molecule has 3 aromatic rings. The lowest BCUT2D eigenvalue weighted by atomic mass is 10.0. The highest BCUT2D eigenvalue weighted by Crippen LogP contribution is 2.29. The summed E-state index contributed by atoms with van der Waals surface area (Å²) in [5.74, 6) is -2.01. The van der Waals surface area contributed by atoms with Crippen LogP contribution in [-0.2, 0) is 9.53 Å². The number of benzene rings is 1. The predicted molar refractivity (Wildman–Crippen MR) is 118 cm³/mol. The van der Waals surface area contributed by atoms with Crippen molar-refractivity contribution in [3.05, 3.63) is 23.9 Å². The molecular weight excluding hydrogens is 461 g/mol. The highest BCUT2D eigenvalue weighted by atomic mass is 32.1. The number of aromatic nitrogens is 4. The van der Waals surface area contributed by atoms with Crippen LogP contribution < -0.4 is 10.6 Å². The number of aromatic amines is 1. The van der Waals surface area contributed by atoms with Gasteiger partial charge in [0.1, 0.15) is 5.01 Å².